The molecule has 1 aliphatic heterocycles. The van der Waals surface area contributed by atoms with Crippen molar-refractivity contribution in [2.45, 2.75) is 57.8 Å². The fourth-order valence-electron chi connectivity index (χ4n) is 4.74. The number of hydrogen-bond donors (Lipinski definition) is 1. The van der Waals surface area contributed by atoms with E-state index in [9.17, 15) is 5.11 Å². The van der Waals surface area contributed by atoms with Gasteiger partial charge in [-0.1, -0.05) is 13.3 Å². The molecule has 0 spiro atoms. The van der Waals surface area contributed by atoms with Gasteiger partial charge in [0.15, 0.2) is 5.79 Å². The number of hydrogen-bond acceptors (Lipinski definition) is 3. The molecule has 3 rings (SSSR count). The smallest absolute Gasteiger partial charge is 0.169 e. The molecule has 2 saturated carbocycles. The lowest BCUT2D eigenvalue weighted by molar-refractivity contribution is -0.212. The van der Waals surface area contributed by atoms with Gasteiger partial charge in [0.25, 0.3) is 0 Å². The number of rotatable bonds is 1. The molecule has 3 fully saturated rings. The molecule has 0 aromatic rings. The van der Waals surface area contributed by atoms with Crippen molar-refractivity contribution in [2.24, 2.45) is 17.3 Å². The van der Waals surface area contributed by atoms with Crippen molar-refractivity contribution in [3.63, 3.8) is 0 Å². The summed E-state index contributed by atoms with van der Waals surface area (Å²) in [5, 5.41) is 10.2. The minimum Gasteiger partial charge on any atom is -0.393 e. The Morgan fingerprint density at radius 2 is 1.76 bits per heavy atom. The Morgan fingerprint density at radius 3 is 2.47 bits per heavy atom. The van der Waals surface area contributed by atoms with Gasteiger partial charge in [-0.15, -0.1) is 0 Å². The highest BCUT2D eigenvalue weighted by Gasteiger charge is 2.58. The maximum absolute atomic E-state index is 10.2. The van der Waals surface area contributed by atoms with Crippen LogP contribution in [0.1, 0.15) is 46.0 Å². The first kappa shape index (κ1) is 11.9. The molecule has 0 bridgehead atoms. The first-order valence-electron chi connectivity index (χ1n) is 7.02. The summed E-state index contributed by atoms with van der Waals surface area (Å²) in [5.74, 6) is 0.490. The highest BCUT2D eigenvalue weighted by Crippen LogP contribution is 2.59. The van der Waals surface area contributed by atoms with Crippen molar-refractivity contribution >= 4 is 0 Å². The van der Waals surface area contributed by atoms with Crippen molar-refractivity contribution in [3.05, 3.63) is 0 Å². The summed E-state index contributed by atoms with van der Waals surface area (Å²) in [6.07, 6.45) is 5.48. The lowest BCUT2D eigenvalue weighted by atomic mass is 9.62. The van der Waals surface area contributed by atoms with Gasteiger partial charge in [-0.25, -0.2) is 0 Å². The Morgan fingerprint density at radius 1 is 1.06 bits per heavy atom. The molecule has 1 N–H and O–H groups in total. The maximum Gasteiger partial charge on any atom is 0.169 e. The van der Waals surface area contributed by atoms with Gasteiger partial charge >= 0.3 is 0 Å². The second-order valence-electron chi connectivity index (χ2n) is 6.41. The van der Waals surface area contributed by atoms with Crippen LogP contribution in [0.15, 0.2) is 0 Å². The average Bonchev–Trinajstić information content (AvgIpc) is 2.83. The van der Waals surface area contributed by atoms with Gasteiger partial charge < -0.3 is 14.6 Å². The highest BCUT2D eigenvalue weighted by atomic mass is 16.7. The quantitative estimate of drug-likeness (QED) is 0.764. The summed E-state index contributed by atoms with van der Waals surface area (Å²) in [7, 11) is 0. The molecule has 0 unspecified atom stereocenters. The van der Waals surface area contributed by atoms with Crippen LogP contribution < -0.4 is 0 Å². The maximum atomic E-state index is 10.2. The van der Waals surface area contributed by atoms with Crippen molar-refractivity contribution in [1.29, 1.82) is 0 Å². The van der Waals surface area contributed by atoms with Crippen LogP contribution in [0, 0.1) is 17.3 Å². The van der Waals surface area contributed by atoms with Gasteiger partial charge in [-0.2, -0.15) is 0 Å². The lowest BCUT2D eigenvalue weighted by Crippen LogP contribution is -2.48. The zero-order valence-electron chi connectivity index (χ0n) is 10.9. The normalized spacial score (nSPS) is 49.2. The largest absolute Gasteiger partial charge is 0.393 e. The summed E-state index contributed by atoms with van der Waals surface area (Å²) in [5.41, 5.74) is 0.205. The Kier molecular flexibility index (Phi) is 2.77. The Bertz CT molecular complexity index is 298. The summed E-state index contributed by atoms with van der Waals surface area (Å²) < 4.78 is 11.7. The number of aliphatic hydroxyl groups is 1. The van der Waals surface area contributed by atoms with E-state index < -0.39 is 5.79 Å². The standard InChI is InChI=1S/C14H24O3/c1-13-7-3-4-11(15)10(13)5-6-12(13)14(2)16-8-9-17-14/h10-12,15H,3-9H2,1-2H3/t10-,11-,12-,13-/m0/s1. The molecule has 3 heteroatoms. The van der Waals surface area contributed by atoms with Gasteiger partial charge in [-0.05, 0) is 43.9 Å². The Balaban J connectivity index is 1.87. The zero-order valence-corrected chi connectivity index (χ0v) is 10.9. The van der Waals surface area contributed by atoms with Gasteiger partial charge in [0.2, 0.25) is 0 Å². The zero-order chi connectivity index (χ0) is 12.1. The molecule has 0 aromatic carbocycles. The third-order valence-electron chi connectivity index (χ3n) is 5.58. The van der Waals surface area contributed by atoms with Crippen molar-refractivity contribution < 1.29 is 14.6 Å². The van der Waals surface area contributed by atoms with Crippen LogP contribution >= 0.6 is 0 Å². The number of aliphatic hydroxyl groups excluding tert-OH is 1. The third kappa shape index (κ3) is 1.66. The topological polar surface area (TPSA) is 38.7 Å². The van der Waals surface area contributed by atoms with Gasteiger partial charge in [-0.3, -0.25) is 0 Å². The molecule has 0 radical (unpaired) electrons. The monoisotopic (exact) mass is 240 g/mol. The Labute approximate surface area is 103 Å². The molecule has 17 heavy (non-hydrogen) atoms. The summed E-state index contributed by atoms with van der Waals surface area (Å²) in [4.78, 5) is 0. The van der Waals surface area contributed by atoms with Crippen LogP contribution in [0.3, 0.4) is 0 Å². The van der Waals surface area contributed by atoms with E-state index in [4.69, 9.17) is 9.47 Å². The molecule has 98 valence electrons. The number of fused-ring (bicyclic) bond motifs is 1. The van der Waals surface area contributed by atoms with Gasteiger partial charge in [0.1, 0.15) is 0 Å². The molecule has 0 aromatic heterocycles. The number of ether oxygens (including phenoxy) is 2. The van der Waals surface area contributed by atoms with Crippen LogP contribution in [0.25, 0.3) is 0 Å². The predicted octanol–water partition coefficient (Wildman–Crippen LogP) is 2.33. The van der Waals surface area contributed by atoms with E-state index in [0.29, 0.717) is 11.8 Å². The molecule has 0 amide bonds. The van der Waals surface area contributed by atoms with Crippen LogP contribution in [0.2, 0.25) is 0 Å². The minimum atomic E-state index is -0.402. The summed E-state index contributed by atoms with van der Waals surface area (Å²) in [6.45, 7) is 5.87. The second-order valence-corrected chi connectivity index (χ2v) is 6.41. The van der Waals surface area contributed by atoms with E-state index >= 15 is 0 Å². The molecular weight excluding hydrogens is 216 g/mol. The fourth-order valence-corrected chi connectivity index (χ4v) is 4.74. The molecule has 4 atom stereocenters. The van der Waals surface area contributed by atoms with Crippen LogP contribution in [0.4, 0.5) is 0 Å². The van der Waals surface area contributed by atoms with Crippen molar-refractivity contribution in [3.8, 4) is 0 Å². The van der Waals surface area contributed by atoms with E-state index in [-0.39, 0.29) is 11.5 Å². The molecule has 3 aliphatic rings. The lowest BCUT2D eigenvalue weighted by Gasteiger charge is -2.47. The second kappa shape index (κ2) is 3.94. The predicted molar refractivity (Wildman–Crippen MR) is 64.5 cm³/mol. The highest BCUT2D eigenvalue weighted by molar-refractivity contribution is 5.04. The van der Waals surface area contributed by atoms with E-state index in [0.717, 1.165) is 38.9 Å². The minimum absolute atomic E-state index is 0.108. The van der Waals surface area contributed by atoms with E-state index in [1.165, 1.54) is 6.42 Å². The molecule has 1 saturated heterocycles. The van der Waals surface area contributed by atoms with Gasteiger partial charge in [0, 0.05) is 5.92 Å². The molecule has 1 heterocycles. The molecule has 2 aliphatic carbocycles. The van der Waals surface area contributed by atoms with Crippen molar-refractivity contribution in [1.82, 2.24) is 0 Å². The fraction of sp³-hybridized carbons (Fsp3) is 1.00. The van der Waals surface area contributed by atoms with E-state index in [2.05, 4.69) is 13.8 Å². The van der Waals surface area contributed by atoms with Crippen LogP contribution in [-0.2, 0) is 9.47 Å². The first-order chi connectivity index (χ1) is 8.06. The van der Waals surface area contributed by atoms with Gasteiger partial charge in [0.05, 0.1) is 19.3 Å². The first-order valence-corrected chi connectivity index (χ1v) is 7.02. The van der Waals surface area contributed by atoms with Crippen molar-refractivity contribution in [2.75, 3.05) is 13.2 Å². The van der Waals surface area contributed by atoms with Crippen LogP contribution in [-0.4, -0.2) is 30.2 Å². The molecular formula is C14H24O3. The van der Waals surface area contributed by atoms with E-state index in [1.54, 1.807) is 0 Å². The Hall–Kier alpha value is -0.120. The average molecular weight is 240 g/mol. The van der Waals surface area contributed by atoms with E-state index in [1.807, 2.05) is 0 Å². The summed E-state index contributed by atoms with van der Waals surface area (Å²) >= 11 is 0. The SMILES string of the molecule is CC1([C@H]2CC[C@H]3[C@@H](O)CCC[C@]23C)OCCO1. The molecule has 3 nitrogen and oxygen atoms in total. The summed E-state index contributed by atoms with van der Waals surface area (Å²) in [6, 6.07) is 0. The third-order valence-corrected chi connectivity index (χ3v) is 5.58. The van der Waals surface area contributed by atoms with Crippen LogP contribution in [0.5, 0.6) is 0 Å².